The van der Waals surface area contributed by atoms with Crippen molar-refractivity contribution in [3.8, 4) is 11.1 Å². The summed E-state index contributed by atoms with van der Waals surface area (Å²) in [5.74, 6) is -0.511. The fraction of sp³-hybridized carbons (Fsp3) is 0.366. The van der Waals surface area contributed by atoms with Crippen LogP contribution < -0.4 is 10.6 Å². The number of aliphatic hydroxyl groups excluding tert-OH is 2. The number of urea groups is 1. The van der Waals surface area contributed by atoms with Crippen LogP contribution in [0.15, 0.2) is 103 Å². The first-order valence-corrected chi connectivity index (χ1v) is 17.6. The van der Waals surface area contributed by atoms with Crippen molar-refractivity contribution < 1.29 is 34.0 Å². The van der Waals surface area contributed by atoms with Crippen molar-refractivity contribution in [2.75, 3.05) is 26.8 Å². The highest BCUT2D eigenvalue weighted by Crippen LogP contribution is 2.39. The minimum Gasteiger partial charge on any atom is -0.467 e. The molecule has 4 N–H and O–H groups in total. The van der Waals surface area contributed by atoms with Crippen LogP contribution >= 0.6 is 0 Å². The minimum absolute atomic E-state index is 0.0129. The predicted octanol–water partition coefficient (Wildman–Crippen LogP) is 5.43. The highest BCUT2D eigenvalue weighted by atomic mass is 16.7. The lowest BCUT2D eigenvalue weighted by Crippen LogP contribution is -2.47. The molecule has 2 amide bonds. The summed E-state index contributed by atoms with van der Waals surface area (Å²) in [6.07, 6.45) is 2.17. The van der Waals surface area contributed by atoms with Gasteiger partial charge in [-0.3, -0.25) is 4.90 Å². The molecule has 0 aromatic heterocycles. The molecule has 6 rings (SSSR count). The Morgan fingerprint density at radius 3 is 2.33 bits per heavy atom. The zero-order valence-electron chi connectivity index (χ0n) is 28.9. The molecule has 4 aromatic carbocycles. The summed E-state index contributed by atoms with van der Waals surface area (Å²) in [6, 6.07) is 32.2. The Morgan fingerprint density at radius 2 is 1.61 bits per heavy atom. The standard InChI is InChI=1S/C41H47N3O7/c1-49-39(47)37(22-28-8-3-2-4-9-28)43-41(48)42-24-33-10-5-6-12-36(33)30-17-19-32(20-18-30)40-50-35(25-44-21-7-11-34(44)27-46)23-38(51-40)31-15-13-29(26-45)14-16-31/h2-6,8-10,12-20,34-35,37-38,40,45-46H,7,11,21-27H2,1H3,(H2,42,43,48). The van der Waals surface area contributed by atoms with Crippen LogP contribution in [0, 0.1) is 0 Å². The summed E-state index contributed by atoms with van der Waals surface area (Å²) in [5, 5.41) is 25.1. The largest absolute Gasteiger partial charge is 0.467 e. The highest BCUT2D eigenvalue weighted by molar-refractivity contribution is 5.84. The highest BCUT2D eigenvalue weighted by Gasteiger charge is 2.35. The van der Waals surface area contributed by atoms with Gasteiger partial charge in [-0.2, -0.15) is 0 Å². The molecule has 5 atom stereocenters. The number of benzene rings is 4. The van der Waals surface area contributed by atoms with E-state index in [1.165, 1.54) is 7.11 Å². The number of methoxy groups -OCH3 is 1. The topological polar surface area (TPSA) is 130 Å². The first-order valence-electron chi connectivity index (χ1n) is 17.6. The van der Waals surface area contributed by atoms with Gasteiger partial charge in [0.1, 0.15) is 6.04 Å². The van der Waals surface area contributed by atoms with Crippen LogP contribution in [0.2, 0.25) is 0 Å². The van der Waals surface area contributed by atoms with E-state index in [1.807, 2.05) is 103 Å². The van der Waals surface area contributed by atoms with E-state index in [0.717, 1.165) is 64.9 Å². The summed E-state index contributed by atoms with van der Waals surface area (Å²) < 4.78 is 18.1. The normalized spacial score (nSPS) is 21.2. The number of hydrogen-bond acceptors (Lipinski definition) is 8. The summed E-state index contributed by atoms with van der Waals surface area (Å²) in [4.78, 5) is 27.7. The molecule has 0 spiro atoms. The van der Waals surface area contributed by atoms with E-state index in [2.05, 4.69) is 15.5 Å². The molecule has 51 heavy (non-hydrogen) atoms. The van der Waals surface area contributed by atoms with Crippen molar-refractivity contribution in [2.24, 2.45) is 0 Å². The maximum absolute atomic E-state index is 13.0. The van der Waals surface area contributed by atoms with Gasteiger partial charge < -0.3 is 35.1 Å². The van der Waals surface area contributed by atoms with Crippen LogP contribution in [0.25, 0.3) is 11.1 Å². The maximum Gasteiger partial charge on any atom is 0.328 e. The number of nitrogens with one attached hydrogen (secondary N) is 2. The molecular weight excluding hydrogens is 646 g/mol. The van der Waals surface area contributed by atoms with Crippen LogP contribution in [0.3, 0.4) is 0 Å². The molecule has 2 aliphatic heterocycles. The molecule has 0 bridgehead atoms. The lowest BCUT2D eigenvalue weighted by atomic mass is 9.97. The van der Waals surface area contributed by atoms with E-state index in [-0.39, 0.29) is 38.0 Å². The smallest absolute Gasteiger partial charge is 0.328 e. The van der Waals surface area contributed by atoms with Gasteiger partial charge in [-0.25, -0.2) is 9.59 Å². The summed E-state index contributed by atoms with van der Waals surface area (Å²) >= 11 is 0. The van der Waals surface area contributed by atoms with Crippen molar-refractivity contribution in [1.82, 2.24) is 15.5 Å². The van der Waals surface area contributed by atoms with Crippen LogP contribution in [-0.4, -0.2) is 72.1 Å². The molecule has 4 aromatic rings. The van der Waals surface area contributed by atoms with Gasteiger partial charge in [0.05, 0.1) is 32.5 Å². The molecule has 268 valence electrons. The maximum atomic E-state index is 13.0. The zero-order chi connectivity index (χ0) is 35.6. The van der Waals surface area contributed by atoms with E-state index in [4.69, 9.17) is 14.2 Å². The fourth-order valence-corrected chi connectivity index (χ4v) is 6.98. The molecule has 10 heteroatoms. The Morgan fingerprint density at radius 1 is 0.882 bits per heavy atom. The Hall–Kier alpha value is -4.58. The van der Waals surface area contributed by atoms with Crippen LogP contribution in [0.1, 0.15) is 59.5 Å². The predicted molar refractivity (Wildman–Crippen MR) is 193 cm³/mol. The van der Waals surface area contributed by atoms with E-state index in [9.17, 15) is 19.8 Å². The number of hydrogen-bond donors (Lipinski definition) is 4. The SMILES string of the molecule is COC(=O)C(Cc1ccccc1)NC(=O)NCc1ccccc1-c1ccc(C2OC(CN3CCCC3CO)CC(c3ccc(CO)cc3)O2)cc1. The summed E-state index contributed by atoms with van der Waals surface area (Å²) in [7, 11) is 1.31. The van der Waals surface area contributed by atoms with E-state index >= 15 is 0 Å². The average Bonchev–Trinajstić information content (AvgIpc) is 3.64. The number of aliphatic hydroxyl groups is 2. The van der Waals surface area contributed by atoms with E-state index in [1.54, 1.807) is 0 Å². The third-order valence-corrected chi connectivity index (χ3v) is 9.79. The van der Waals surface area contributed by atoms with Crippen LogP contribution in [0.5, 0.6) is 0 Å². The summed E-state index contributed by atoms with van der Waals surface area (Å²) in [5.41, 5.74) is 6.54. The average molecular weight is 694 g/mol. The second kappa shape index (κ2) is 17.6. The number of esters is 1. The Kier molecular flexibility index (Phi) is 12.5. The molecule has 0 saturated carbocycles. The number of amides is 2. The van der Waals surface area contributed by atoms with Gasteiger partial charge >= 0.3 is 12.0 Å². The molecule has 2 saturated heterocycles. The quantitative estimate of drug-likeness (QED) is 0.137. The summed E-state index contributed by atoms with van der Waals surface area (Å²) in [6.45, 7) is 2.04. The Labute approximate surface area is 299 Å². The second-order valence-corrected chi connectivity index (χ2v) is 13.2. The van der Waals surface area contributed by atoms with Gasteiger partial charge in [0, 0.05) is 37.5 Å². The van der Waals surface area contributed by atoms with Crippen LogP contribution in [0.4, 0.5) is 4.79 Å². The third-order valence-electron chi connectivity index (χ3n) is 9.79. The van der Waals surface area contributed by atoms with Gasteiger partial charge in [-0.05, 0) is 52.8 Å². The monoisotopic (exact) mass is 693 g/mol. The zero-order valence-corrected chi connectivity index (χ0v) is 28.9. The molecule has 2 fully saturated rings. The minimum atomic E-state index is -0.824. The van der Waals surface area contributed by atoms with E-state index in [0.29, 0.717) is 12.8 Å². The first kappa shape index (κ1) is 36.2. The van der Waals surface area contributed by atoms with Gasteiger partial charge in [0.15, 0.2) is 6.29 Å². The lowest BCUT2D eigenvalue weighted by molar-refractivity contribution is -0.253. The van der Waals surface area contributed by atoms with Gasteiger partial charge in [0.25, 0.3) is 0 Å². The molecule has 10 nitrogen and oxygen atoms in total. The number of carbonyl (C=O) groups is 2. The third kappa shape index (κ3) is 9.40. The van der Waals surface area contributed by atoms with Crippen molar-refractivity contribution in [2.45, 2.75) is 69.4 Å². The lowest BCUT2D eigenvalue weighted by Gasteiger charge is -2.38. The number of rotatable bonds is 13. The fourth-order valence-electron chi connectivity index (χ4n) is 6.98. The molecule has 2 aliphatic rings. The molecule has 0 aliphatic carbocycles. The Balaban J connectivity index is 1.14. The number of likely N-dealkylation sites (tertiary alicyclic amines) is 1. The molecule has 2 heterocycles. The van der Waals surface area contributed by atoms with Crippen molar-refractivity contribution in [3.63, 3.8) is 0 Å². The van der Waals surface area contributed by atoms with Crippen molar-refractivity contribution in [1.29, 1.82) is 0 Å². The van der Waals surface area contributed by atoms with E-state index < -0.39 is 24.3 Å². The number of nitrogens with zero attached hydrogens (tertiary/aromatic N) is 1. The number of carbonyl (C=O) groups excluding carboxylic acids is 2. The van der Waals surface area contributed by atoms with Gasteiger partial charge in [0.2, 0.25) is 0 Å². The first-order chi connectivity index (χ1) is 24.9. The second-order valence-electron chi connectivity index (χ2n) is 13.2. The molecular formula is C41H47N3O7. The van der Waals surface area contributed by atoms with Crippen molar-refractivity contribution in [3.05, 3.63) is 131 Å². The molecule has 0 radical (unpaired) electrons. The van der Waals surface area contributed by atoms with Crippen LogP contribution in [-0.2, 0) is 38.6 Å². The Bertz CT molecular complexity index is 1720. The van der Waals surface area contributed by atoms with Gasteiger partial charge in [-0.1, -0.05) is 103 Å². The van der Waals surface area contributed by atoms with Gasteiger partial charge in [-0.15, -0.1) is 0 Å². The van der Waals surface area contributed by atoms with Crippen molar-refractivity contribution >= 4 is 12.0 Å². The molecule has 5 unspecified atom stereocenters. The number of ether oxygens (including phenoxy) is 3.